The third-order valence-electron chi connectivity index (χ3n) is 10.6. The Morgan fingerprint density at radius 2 is 1.86 bits per heavy atom. The van der Waals surface area contributed by atoms with Gasteiger partial charge in [0.1, 0.15) is 0 Å². The van der Waals surface area contributed by atoms with Gasteiger partial charge in [-0.3, -0.25) is 0 Å². The molecule has 28 heavy (non-hydrogen) atoms. The Morgan fingerprint density at radius 1 is 1.04 bits per heavy atom. The highest BCUT2D eigenvalue weighted by Crippen LogP contribution is 2.71. The van der Waals surface area contributed by atoms with E-state index >= 15 is 0 Å². The quantitative estimate of drug-likeness (QED) is 0.576. The van der Waals surface area contributed by atoms with Crippen molar-refractivity contribution in [1.29, 1.82) is 0 Å². The zero-order valence-corrected chi connectivity index (χ0v) is 18.5. The number of allylic oxidation sites excluding steroid dienone is 2. The van der Waals surface area contributed by atoms with Crippen LogP contribution < -0.4 is 0 Å². The molecule has 5 rings (SSSR count). The molecule has 5 aliphatic carbocycles. The molecule has 0 spiro atoms. The molecule has 1 N–H and O–H groups in total. The molecular weight excluding hydrogens is 344 g/mol. The van der Waals surface area contributed by atoms with Crippen LogP contribution in [-0.4, -0.2) is 23.9 Å². The zero-order valence-electron chi connectivity index (χ0n) is 18.5. The first-order valence-electron chi connectivity index (χ1n) is 12.5. The van der Waals surface area contributed by atoms with E-state index in [4.69, 9.17) is 4.74 Å². The third-order valence-corrected chi connectivity index (χ3v) is 10.6. The lowest BCUT2D eigenvalue weighted by Crippen LogP contribution is -2.57. The zero-order chi connectivity index (χ0) is 19.6. The molecule has 0 saturated heterocycles. The molecule has 5 aliphatic rings. The summed E-state index contributed by atoms with van der Waals surface area (Å²) in [6, 6.07) is 0. The maximum absolute atomic E-state index is 11.3. The molecule has 4 saturated carbocycles. The predicted octanol–water partition coefficient (Wildman–Crippen LogP) is 6.13. The second kappa shape index (κ2) is 6.84. The molecule has 1 unspecified atom stereocenters. The van der Waals surface area contributed by atoms with Crippen molar-refractivity contribution in [3.05, 3.63) is 11.6 Å². The highest BCUT2D eigenvalue weighted by molar-refractivity contribution is 5.35. The van der Waals surface area contributed by atoms with Gasteiger partial charge in [-0.05, 0) is 112 Å². The summed E-state index contributed by atoms with van der Waals surface area (Å²) < 4.78 is 5.70. The van der Waals surface area contributed by atoms with Gasteiger partial charge in [-0.1, -0.05) is 31.9 Å². The first-order valence-corrected chi connectivity index (χ1v) is 12.5. The van der Waals surface area contributed by atoms with E-state index in [1.54, 1.807) is 5.57 Å². The second-order valence-electron chi connectivity index (χ2n) is 11.4. The Morgan fingerprint density at radius 3 is 2.57 bits per heavy atom. The van der Waals surface area contributed by atoms with E-state index < -0.39 is 5.60 Å². The summed E-state index contributed by atoms with van der Waals surface area (Å²) in [5, 5.41) is 11.3. The Labute approximate surface area is 172 Å². The molecule has 158 valence electrons. The van der Waals surface area contributed by atoms with E-state index in [0.717, 1.165) is 36.5 Å². The van der Waals surface area contributed by atoms with Gasteiger partial charge in [0.15, 0.2) is 0 Å². The molecule has 0 amide bonds. The normalized spacial score (nSPS) is 52.4. The summed E-state index contributed by atoms with van der Waals surface area (Å²) in [6.45, 7) is 8.39. The fourth-order valence-electron chi connectivity index (χ4n) is 9.25. The largest absolute Gasteiger partial charge is 0.387 e. The fourth-order valence-corrected chi connectivity index (χ4v) is 9.25. The van der Waals surface area contributed by atoms with Crippen LogP contribution in [0.15, 0.2) is 11.6 Å². The van der Waals surface area contributed by atoms with E-state index in [0.29, 0.717) is 30.0 Å². The monoisotopic (exact) mass is 386 g/mol. The Hall–Kier alpha value is -0.340. The van der Waals surface area contributed by atoms with Gasteiger partial charge in [0, 0.05) is 6.61 Å². The van der Waals surface area contributed by atoms with Gasteiger partial charge in [0.05, 0.1) is 12.2 Å². The van der Waals surface area contributed by atoms with Gasteiger partial charge in [0.2, 0.25) is 0 Å². The SMILES string of the molecule is CCOC[C@@]1(O)CC[C@@]2(C3=CC3)[C@H](CC[C@@H]3[C@@H]2CC[C@]2(C)C(CC)CC[C@@H]32)C1. The number of ether oxygens (including phenoxy) is 1. The second-order valence-corrected chi connectivity index (χ2v) is 11.4. The van der Waals surface area contributed by atoms with Crippen molar-refractivity contribution in [1.82, 2.24) is 0 Å². The number of aliphatic hydroxyl groups is 1. The van der Waals surface area contributed by atoms with E-state index in [1.165, 1.54) is 57.8 Å². The van der Waals surface area contributed by atoms with E-state index in [-0.39, 0.29) is 0 Å². The minimum absolute atomic E-state index is 0.437. The highest BCUT2D eigenvalue weighted by atomic mass is 16.5. The van der Waals surface area contributed by atoms with Gasteiger partial charge in [-0.25, -0.2) is 0 Å². The summed E-state index contributed by atoms with van der Waals surface area (Å²) >= 11 is 0. The molecular formula is C26H42O2. The van der Waals surface area contributed by atoms with Crippen molar-refractivity contribution in [3.8, 4) is 0 Å². The Kier molecular flexibility index (Phi) is 4.79. The Balaban J connectivity index is 1.43. The van der Waals surface area contributed by atoms with Crippen LogP contribution in [0.3, 0.4) is 0 Å². The van der Waals surface area contributed by atoms with Crippen LogP contribution in [0, 0.1) is 40.4 Å². The summed E-state index contributed by atoms with van der Waals surface area (Å²) in [5.41, 5.74) is 2.27. The fraction of sp³-hybridized carbons (Fsp3) is 0.923. The molecule has 0 heterocycles. The molecule has 0 aromatic rings. The van der Waals surface area contributed by atoms with Crippen LogP contribution in [-0.2, 0) is 4.74 Å². The predicted molar refractivity (Wildman–Crippen MR) is 114 cm³/mol. The van der Waals surface area contributed by atoms with E-state index in [1.807, 2.05) is 6.92 Å². The maximum Gasteiger partial charge on any atom is 0.0883 e. The molecule has 0 bridgehead atoms. The molecule has 2 nitrogen and oxygen atoms in total. The molecule has 4 fully saturated rings. The van der Waals surface area contributed by atoms with Crippen molar-refractivity contribution in [2.75, 3.05) is 13.2 Å². The van der Waals surface area contributed by atoms with E-state index in [2.05, 4.69) is 19.9 Å². The van der Waals surface area contributed by atoms with Crippen LogP contribution >= 0.6 is 0 Å². The van der Waals surface area contributed by atoms with Crippen LogP contribution in [0.1, 0.15) is 91.4 Å². The smallest absolute Gasteiger partial charge is 0.0883 e. The molecule has 0 aliphatic heterocycles. The summed E-state index contributed by atoms with van der Waals surface area (Å²) in [7, 11) is 0. The third kappa shape index (κ3) is 2.73. The molecule has 0 radical (unpaired) electrons. The summed E-state index contributed by atoms with van der Waals surface area (Å²) in [4.78, 5) is 0. The summed E-state index contributed by atoms with van der Waals surface area (Å²) in [6.07, 6.45) is 17.0. The minimum atomic E-state index is -0.573. The van der Waals surface area contributed by atoms with Gasteiger partial charge in [-0.2, -0.15) is 0 Å². The Bertz CT molecular complexity index is 640. The lowest BCUT2D eigenvalue weighted by Gasteiger charge is -2.63. The van der Waals surface area contributed by atoms with Gasteiger partial charge < -0.3 is 9.84 Å². The van der Waals surface area contributed by atoms with Crippen molar-refractivity contribution in [2.45, 2.75) is 97.0 Å². The maximum atomic E-state index is 11.3. The number of rotatable bonds is 5. The van der Waals surface area contributed by atoms with Crippen LogP contribution in [0.4, 0.5) is 0 Å². The van der Waals surface area contributed by atoms with Crippen LogP contribution in [0.2, 0.25) is 0 Å². The van der Waals surface area contributed by atoms with Gasteiger partial charge >= 0.3 is 0 Å². The standard InChI is InChI=1S/C26H42O2/c1-4-18-9-11-22-21-10-8-20-16-25(27,17-28-5-2)14-15-26(20,19-6-7-19)23(21)12-13-24(18,22)3/h6,18,20-23,27H,4-5,7-17H2,1-3H3/t18?,20-,21+,22+,23+,24-,25-,26-/m1/s1. The van der Waals surface area contributed by atoms with Crippen molar-refractivity contribution < 1.29 is 9.84 Å². The average molecular weight is 387 g/mol. The first kappa shape index (κ1) is 19.6. The van der Waals surface area contributed by atoms with Gasteiger partial charge in [0.25, 0.3) is 0 Å². The lowest BCUT2D eigenvalue weighted by atomic mass is 9.42. The molecule has 2 heteroatoms. The number of hydrogen-bond donors (Lipinski definition) is 1. The summed E-state index contributed by atoms with van der Waals surface area (Å²) in [5.74, 6) is 4.47. The first-order chi connectivity index (χ1) is 13.5. The number of hydrogen-bond acceptors (Lipinski definition) is 2. The molecule has 0 aromatic carbocycles. The number of fused-ring (bicyclic) bond motifs is 5. The molecule has 0 aromatic heterocycles. The molecule has 8 atom stereocenters. The minimum Gasteiger partial charge on any atom is -0.387 e. The van der Waals surface area contributed by atoms with Crippen molar-refractivity contribution in [3.63, 3.8) is 0 Å². The average Bonchev–Trinajstić information content (AvgIpc) is 3.48. The van der Waals surface area contributed by atoms with Crippen molar-refractivity contribution in [2.24, 2.45) is 40.4 Å². The highest BCUT2D eigenvalue weighted by Gasteiger charge is 2.64. The lowest BCUT2D eigenvalue weighted by molar-refractivity contribution is -0.156. The van der Waals surface area contributed by atoms with Crippen molar-refractivity contribution >= 4 is 0 Å². The van der Waals surface area contributed by atoms with Crippen LogP contribution in [0.5, 0.6) is 0 Å². The van der Waals surface area contributed by atoms with E-state index in [9.17, 15) is 5.11 Å². The van der Waals surface area contributed by atoms with Gasteiger partial charge in [-0.15, -0.1) is 0 Å². The van der Waals surface area contributed by atoms with Crippen LogP contribution in [0.25, 0.3) is 0 Å². The topological polar surface area (TPSA) is 29.5 Å².